The van der Waals surface area contributed by atoms with Crippen molar-refractivity contribution >= 4 is 11.6 Å². The van der Waals surface area contributed by atoms with E-state index in [-0.39, 0.29) is 5.88 Å². The van der Waals surface area contributed by atoms with E-state index in [0.717, 1.165) is 5.69 Å². The van der Waals surface area contributed by atoms with E-state index in [9.17, 15) is 5.11 Å². The monoisotopic (exact) mass is 363 g/mol. The summed E-state index contributed by atoms with van der Waals surface area (Å²) >= 11 is 6.14. The Balaban J connectivity index is 1.78. The molecule has 0 N–H and O–H groups in total. The van der Waals surface area contributed by atoms with Gasteiger partial charge in [0, 0.05) is 11.1 Å². The summed E-state index contributed by atoms with van der Waals surface area (Å²) in [6.45, 7) is 0. The molecule has 1 aromatic heterocycles. The third kappa shape index (κ3) is 3.25. The first-order chi connectivity index (χ1) is 12.7. The fourth-order valence-corrected chi connectivity index (χ4v) is 2.72. The molecule has 128 valence electrons. The minimum atomic E-state index is -0.283. The predicted octanol–water partition coefficient (Wildman–Crippen LogP) is 3.67. The average Bonchev–Trinajstić information content (AvgIpc) is 3.06. The molecular formula is C20H14ClN3O2. The standard InChI is InChI=1S/C20H14ClN3O2/c21-15-11-12-19(26-17-9-5-2-6-10-17)18(13-15)24-20(25)14-23(22-24)16-7-3-1-4-8-16/h1-14H. The van der Waals surface area contributed by atoms with Crippen LogP contribution in [0.15, 0.2) is 85.1 Å². The van der Waals surface area contributed by atoms with Crippen molar-refractivity contribution in [2.24, 2.45) is 0 Å². The van der Waals surface area contributed by atoms with Crippen LogP contribution in [0, 0.1) is 0 Å². The van der Waals surface area contributed by atoms with Gasteiger partial charge in [0.1, 0.15) is 16.8 Å². The van der Waals surface area contributed by atoms with Crippen molar-refractivity contribution in [3.8, 4) is 28.8 Å². The number of para-hydroxylation sites is 2. The van der Waals surface area contributed by atoms with Gasteiger partial charge < -0.3 is 9.84 Å². The van der Waals surface area contributed by atoms with Crippen LogP contribution in [0.5, 0.6) is 17.4 Å². The lowest BCUT2D eigenvalue weighted by Gasteiger charge is -2.10. The summed E-state index contributed by atoms with van der Waals surface area (Å²) in [7, 11) is 0. The van der Waals surface area contributed by atoms with E-state index >= 15 is 0 Å². The molecule has 5 nitrogen and oxygen atoms in total. The van der Waals surface area contributed by atoms with Gasteiger partial charge in [-0.1, -0.05) is 48.0 Å². The summed E-state index contributed by atoms with van der Waals surface area (Å²) in [5.41, 5.74) is 1.26. The van der Waals surface area contributed by atoms with E-state index < -0.39 is 0 Å². The van der Waals surface area contributed by atoms with Crippen LogP contribution in [0.4, 0.5) is 0 Å². The van der Waals surface area contributed by atoms with Gasteiger partial charge in [0.2, 0.25) is 0 Å². The minimum Gasteiger partial charge on any atom is -0.838 e. The first-order valence-corrected chi connectivity index (χ1v) is 8.36. The van der Waals surface area contributed by atoms with Crippen molar-refractivity contribution < 1.29 is 14.5 Å². The first-order valence-electron chi connectivity index (χ1n) is 7.98. The van der Waals surface area contributed by atoms with Gasteiger partial charge in [0.25, 0.3) is 0 Å². The lowest BCUT2D eigenvalue weighted by Crippen LogP contribution is -2.37. The highest BCUT2D eigenvalue weighted by Gasteiger charge is 2.19. The SMILES string of the molecule is [O-]c1cn(-c2ccccc2)n[n+]1-c1cc(Cl)ccc1Oc1ccccc1. The van der Waals surface area contributed by atoms with Crippen molar-refractivity contribution in [3.05, 3.63) is 90.1 Å². The second kappa shape index (κ2) is 6.90. The molecule has 0 aliphatic carbocycles. The van der Waals surface area contributed by atoms with Gasteiger partial charge in [0.05, 0.1) is 0 Å². The number of rotatable bonds is 4. The highest BCUT2D eigenvalue weighted by atomic mass is 35.5. The summed E-state index contributed by atoms with van der Waals surface area (Å²) in [6.07, 6.45) is 1.42. The molecule has 0 spiro atoms. The highest BCUT2D eigenvalue weighted by Crippen LogP contribution is 2.28. The van der Waals surface area contributed by atoms with Gasteiger partial charge in [-0.15, -0.1) is 9.36 Å². The normalized spacial score (nSPS) is 10.7. The summed E-state index contributed by atoms with van der Waals surface area (Å²) in [4.78, 5) is 0. The Morgan fingerprint density at radius 3 is 2.35 bits per heavy atom. The molecule has 0 aliphatic heterocycles. The number of nitrogens with zero attached hydrogens (tertiary/aromatic N) is 3. The lowest BCUT2D eigenvalue weighted by atomic mass is 10.3. The molecular weight excluding hydrogens is 350 g/mol. The van der Waals surface area contributed by atoms with Gasteiger partial charge in [-0.25, -0.2) is 0 Å². The number of benzene rings is 3. The number of halogens is 1. The third-order valence-corrected chi connectivity index (χ3v) is 4.00. The Bertz CT molecular complexity index is 1030. The van der Waals surface area contributed by atoms with Gasteiger partial charge >= 0.3 is 0 Å². The van der Waals surface area contributed by atoms with E-state index in [1.807, 2.05) is 60.7 Å². The van der Waals surface area contributed by atoms with Crippen LogP contribution in [-0.2, 0) is 0 Å². The third-order valence-electron chi connectivity index (χ3n) is 3.77. The summed E-state index contributed by atoms with van der Waals surface area (Å²) in [5, 5.41) is 17.4. The molecule has 0 atom stereocenters. The molecule has 4 rings (SSSR count). The Morgan fingerprint density at radius 2 is 1.62 bits per heavy atom. The lowest BCUT2D eigenvalue weighted by molar-refractivity contribution is -0.703. The minimum absolute atomic E-state index is 0.283. The van der Waals surface area contributed by atoms with Gasteiger partial charge in [-0.3, -0.25) is 0 Å². The summed E-state index contributed by atoms with van der Waals surface area (Å²) < 4.78 is 8.72. The fourth-order valence-electron chi connectivity index (χ4n) is 2.56. The molecule has 26 heavy (non-hydrogen) atoms. The molecule has 3 aromatic carbocycles. The van der Waals surface area contributed by atoms with Crippen LogP contribution in [0.2, 0.25) is 5.02 Å². The second-order valence-corrected chi connectivity index (χ2v) is 6.01. The Labute approximate surface area is 155 Å². The Morgan fingerprint density at radius 1 is 0.923 bits per heavy atom. The van der Waals surface area contributed by atoms with Crippen LogP contribution in [0.3, 0.4) is 0 Å². The van der Waals surface area contributed by atoms with Crippen LogP contribution in [0.1, 0.15) is 0 Å². The van der Waals surface area contributed by atoms with Gasteiger partial charge in [-0.2, -0.15) is 0 Å². The first kappa shape index (κ1) is 16.2. The quantitative estimate of drug-likeness (QED) is 0.520. The van der Waals surface area contributed by atoms with Crippen molar-refractivity contribution in [1.29, 1.82) is 0 Å². The van der Waals surface area contributed by atoms with Crippen molar-refractivity contribution in [3.63, 3.8) is 0 Å². The van der Waals surface area contributed by atoms with E-state index in [1.54, 1.807) is 18.2 Å². The smallest absolute Gasteiger partial charge is 0.198 e. The maximum atomic E-state index is 12.5. The van der Waals surface area contributed by atoms with Gasteiger partial charge in [-0.05, 0) is 36.4 Å². The molecule has 0 saturated heterocycles. The largest absolute Gasteiger partial charge is 0.838 e. The maximum absolute atomic E-state index is 12.5. The zero-order valence-corrected chi connectivity index (χ0v) is 14.4. The van der Waals surface area contributed by atoms with E-state index in [2.05, 4.69) is 5.21 Å². The molecule has 4 aromatic rings. The van der Waals surface area contributed by atoms with Crippen LogP contribution in [0.25, 0.3) is 11.4 Å². The molecule has 0 saturated carbocycles. The van der Waals surface area contributed by atoms with E-state index in [1.165, 1.54) is 15.6 Å². The molecule has 0 fully saturated rings. The fraction of sp³-hybridized carbons (Fsp3) is 0. The van der Waals surface area contributed by atoms with Crippen LogP contribution >= 0.6 is 11.6 Å². The number of hydrogen-bond donors (Lipinski definition) is 0. The number of aromatic nitrogens is 3. The highest BCUT2D eigenvalue weighted by molar-refractivity contribution is 6.30. The second-order valence-electron chi connectivity index (χ2n) is 5.58. The predicted molar refractivity (Wildman–Crippen MR) is 96.1 cm³/mol. The summed E-state index contributed by atoms with van der Waals surface area (Å²) in [5.74, 6) is 0.863. The Hall–Kier alpha value is -3.31. The average molecular weight is 364 g/mol. The zero-order chi connectivity index (χ0) is 17.9. The summed E-state index contributed by atoms with van der Waals surface area (Å²) in [6, 6.07) is 23.8. The molecule has 0 amide bonds. The maximum Gasteiger partial charge on any atom is 0.198 e. The molecule has 0 aliphatic rings. The molecule has 0 unspecified atom stereocenters. The number of hydrogen-bond acceptors (Lipinski definition) is 3. The molecule has 0 bridgehead atoms. The van der Waals surface area contributed by atoms with Gasteiger partial charge in [0.15, 0.2) is 23.3 Å². The molecule has 1 heterocycles. The molecule has 6 heteroatoms. The van der Waals surface area contributed by atoms with E-state index in [0.29, 0.717) is 22.2 Å². The van der Waals surface area contributed by atoms with Crippen molar-refractivity contribution in [2.75, 3.05) is 0 Å². The Kier molecular flexibility index (Phi) is 4.29. The van der Waals surface area contributed by atoms with Crippen molar-refractivity contribution in [1.82, 2.24) is 9.90 Å². The van der Waals surface area contributed by atoms with Crippen LogP contribution < -0.4 is 14.5 Å². The van der Waals surface area contributed by atoms with Crippen LogP contribution in [-0.4, -0.2) is 9.90 Å². The van der Waals surface area contributed by atoms with Crippen molar-refractivity contribution in [2.45, 2.75) is 0 Å². The topological polar surface area (TPSA) is 54.0 Å². The zero-order valence-electron chi connectivity index (χ0n) is 13.6. The van der Waals surface area contributed by atoms with E-state index in [4.69, 9.17) is 16.3 Å². The molecule has 0 radical (unpaired) electrons. The number of ether oxygens (including phenoxy) is 1.